The first-order valence-electron chi connectivity index (χ1n) is 12.0. The number of likely N-dealkylation sites (N-methyl/N-ethyl adjacent to an activating group) is 1. The Morgan fingerprint density at radius 1 is 1.00 bits per heavy atom. The number of amidine groups is 1. The van der Waals surface area contributed by atoms with Gasteiger partial charge in [-0.15, -0.1) is 0 Å². The molecule has 2 aromatic rings. The van der Waals surface area contributed by atoms with Crippen LogP contribution in [0.4, 0.5) is 22.7 Å². The van der Waals surface area contributed by atoms with Gasteiger partial charge in [-0.05, 0) is 77.2 Å². The Morgan fingerprint density at radius 2 is 1.69 bits per heavy atom. The van der Waals surface area contributed by atoms with E-state index < -0.39 is 11.4 Å². The molecule has 35 heavy (non-hydrogen) atoms. The van der Waals surface area contributed by atoms with Gasteiger partial charge in [-0.1, -0.05) is 6.07 Å². The van der Waals surface area contributed by atoms with E-state index in [0.717, 1.165) is 54.6 Å². The summed E-state index contributed by atoms with van der Waals surface area (Å²) in [6, 6.07) is 16.3. The molecule has 0 aromatic heterocycles. The van der Waals surface area contributed by atoms with Crippen LogP contribution in [0.5, 0.6) is 0 Å². The van der Waals surface area contributed by atoms with Gasteiger partial charge in [0, 0.05) is 55.0 Å². The fraction of sp³-hybridized carbons (Fsp3) is 0.423. The molecule has 4 N–H and O–H groups in total. The molecule has 0 spiro atoms. The molecule has 2 atom stereocenters. The average Bonchev–Trinajstić information content (AvgIpc) is 2.82. The van der Waals surface area contributed by atoms with Gasteiger partial charge in [0.05, 0.1) is 17.0 Å². The Bertz CT molecular complexity index is 1060. The van der Waals surface area contributed by atoms with Gasteiger partial charge < -0.3 is 30.3 Å². The molecule has 0 radical (unpaired) electrons. The Labute approximate surface area is 212 Å². The highest BCUT2D eigenvalue weighted by Crippen LogP contribution is 2.23. The Morgan fingerprint density at radius 3 is 2.37 bits per heavy atom. The molecular formula is C26H37N7OS. The first-order valence-corrected chi connectivity index (χ1v) is 13.2. The van der Waals surface area contributed by atoms with Crippen molar-refractivity contribution >= 4 is 39.9 Å². The molecule has 2 aliphatic heterocycles. The van der Waals surface area contributed by atoms with E-state index in [2.05, 4.69) is 61.8 Å². The van der Waals surface area contributed by atoms with E-state index in [4.69, 9.17) is 4.99 Å². The van der Waals surface area contributed by atoms with Crippen LogP contribution < -0.4 is 25.6 Å². The highest BCUT2D eigenvalue weighted by Gasteiger charge is 2.26. The van der Waals surface area contributed by atoms with Gasteiger partial charge in [-0.3, -0.25) is 0 Å². The fourth-order valence-corrected chi connectivity index (χ4v) is 4.44. The largest absolute Gasteiger partial charge is 0.593 e. The SMILES string of the molecule is CC1=CNC(Nc2ccc(N3CCN(C)CC3)cc2)N=C1Nc1cccc(N[S+]([O-])C(C)(C)C)c1. The fourth-order valence-electron chi connectivity index (χ4n) is 3.79. The predicted molar refractivity (Wildman–Crippen MR) is 149 cm³/mol. The lowest BCUT2D eigenvalue weighted by molar-refractivity contribution is 0.313. The van der Waals surface area contributed by atoms with Crippen LogP contribution in [-0.4, -0.2) is 59.6 Å². The molecule has 2 aliphatic rings. The maximum absolute atomic E-state index is 12.5. The third kappa shape index (κ3) is 6.84. The molecule has 8 nitrogen and oxygen atoms in total. The number of hydrogen-bond donors (Lipinski definition) is 4. The zero-order valence-corrected chi connectivity index (χ0v) is 22.1. The highest BCUT2D eigenvalue weighted by molar-refractivity contribution is 7.94. The van der Waals surface area contributed by atoms with E-state index >= 15 is 0 Å². The van der Waals surface area contributed by atoms with Crippen LogP contribution in [0.3, 0.4) is 0 Å². The smallest absolute Gasteiger partial charge is 0.196 e. The topological polar surface area (TPSA) is 90.0 Å². The van der Waals surface area contributed by atoms with Crippen LogP contribution in [0.2, 0.25) is 0 Å². The second kappa shape index (κ2) is 10.8. The summed E-state index contributed by atoms with van der Waals surface area (Å²) in [7, 11) is 2.17. The number of nitrogens with one attached hydrogen (secondary N) is 4. The van der Waals surface area contributed by atoms with Crippen molar-refractivity contribution in [1.82, 2.24) is 10.2 Å². The molecular weight excluding hydrogens is 458 g/mol. The molecule has 0 saturated carbocycles. The first-order chi connectivity index (χ1) is 16.7. The van der Waals surface area contributed by atoms with E-state index in [1.807, 2.05) is 58.2 Å². The lowest BCUT2D eigenvalue weighted by atomic mass is 10.2. The molecule has 0 amide bonds. The lowest BCUT2D eigenvalue weighted by Crippen LogP contribution is -2.44. The zero-order valence-electron chi connectivity index (χ0n) is 21.3. The summed E-state index contributed by atoms with van der Waals surface area (Å²) in [5.74, 6) is 0.782. The maximum Gasteiger partial charge on any atom is 0.196 e. The molecule has 9 heteroatoms. The van der Waals surface area contributed by atoms with Crippen molar-refractivity contribution in [3.05, 3.63) is 60.3 Å². The Kier molecular flexibility index (Phi) is 7.78. The molecule has 4 rings (SSSR count). The highest BCUT2D eigenvalue weighted by atomic mass is 32.2. The van der Waals surface area contributed by atoms with Crippen molar-refractivity contribution in [3.63, 3.8) is 0 Å². The quantitative estimate of drug-likeness (QED) is 0.450. The van der Waals surface area contributed by atoms with Crippen molar-refractivity contribution in [2.45, 2.75) is 38.7 Å². The first kappa shape index (κ1) is 25.2. The predicted octanol–water partition coefficient (Wildman–Crippen LogP) is 4.03. The molecule has 2 aromatic carbocycles. The van der Waals surface area contributed by atoms with Crippen LogP contribution in [0.1, 0.15) is 27.7 Å². The minimum atomic E-state index is -1.19. The summed E-state index contributed by atoms with van der Waals surface area (Å²) >= 11 is -1.19. The van der Waals surface area contributed by atoms with E-state index in [0.29, 0.717) is 0 Å². The number of hydrogen-bond acceptors (Lipinski definition) is 8. The van der Waals surface area contributed by atoms with Gasteiger partial charge in [0.2, 0.25) is 0 Å². The van der Waals surface area contributed by atoms with Crippen LogP contribution in [-0.2, 0) is 11.4 Å². The molecule has 2 heterocycles. The minimum Gasteiger partial charge on any atom is -0.593 e. The van der Waals surface area contributed by atoms with E-state index in [-0.39, 0.29) is 11.0 Å². The normalized spacial score (nSPS) is 19.8. The third-order valence-electron chi connectivity index (χ3n) is 6.02. The molecule has 0 aliphatic carbocycles. The summed E-state index contributed by atoms with van der Waals surface area (Å²) in [5, 5.41) is 10.2. The van der Waals surface area contributed by atoms with Crippen molar-refractivity contribution < 1.29 is 4.55 Å². The Balaban J connectivity index is 1.39. The van der Waals surface area contributed by atoms with Crippen molar-refractivity contribution in [3.8, 4) is 0 Å². The summed E-state index contributed by atoms with van der Waals surface area (Å²) in [6.07, 6.45) is 1.67. The van der Waals surface area contributed by atoms with Crippen LogP contribution in [0, 0.1) is 0 Å². The molecule has 188 valence electrons. The van der Waals surface area contributed by atoms with Crippen molar-refractivity contribution in [2.24, 2.45) is 4.99 Å². The number of piperazine rings is 1. The maximum atomic E-state index is 12.5. The van der Waals surface area contributed by atoms with Gasteiger partial charge >= 0.3 is 0 Å². The average molecular weight is 496 g/mol. The van der Waals surface area contributed by atoms with Crippen LogP contribution in [0.25, 0.3) is 0 Å². The number of benzene rings is 2. The van der Waals surface area contributed by atoms with Gasteiger partial charge in [-0.2, -0.15) is 0 Å². The minimum absolute atomic E-state index is 0.287. The van der Waals surface area contributed by atoms with Crippen molar-refractivity contribution in [2.75, 3.05) is 53.5 Å². The summed E-state index contributed by atoms with van der Waals surface area (Å²) in [4.78, 5) is 9.61. The number of nitrogens with zero attached hydrogens (tertiary/aromatic N) is 3. The summed E-state index contributed by atoms with van der Waals surface area (Å²) < 4.78 is 15.2. The Hall–Kier alpha value is -2.88. The summed E-state index contributed by atoms with van der Waals surface area (Å²) in [6.45, 7) is 12.1. The molecule has 1 saturated heterocycles. The van der Waals surface area contributed by atoms with Gasteiger partial charge in [0.15, 0.2) is 6.29 Å². The van der Waals surface area contributed by atoms with Crippen molar-refractivity contribution in [1.29, 1.82) is 0 Å². The second-order valence-electron chi connectivity index (χ2n) is 10.0. The van der Waals surface area contributed by atoms with Gasteiger partial charge in [0.25, 0.3) is 0 Å². The number of aliphatic imine (C=N–C) groups is 1. The molecule has 1 fully saturated rings. The third-order valence-corrected chi connectivity index (χ3v) is 7.55. The van der Waals surface area contributed by atoms with Gasteiger partial charge in [0.1, 0.15) is 10.6 Å². The second-order valence-corrected chi connectivity index (χ2v) is 12.0. The lowest BCUT2D eigenvalue weighted by Gasteiger charge is -2.34. The molecule has 0 bridgehead atoms. The number of rotatable bonds is 6. The monoisotopic (exact) mass is 495 g/mol. The standard InChI is InChI=1S/C26H37N7OS/c1-19-18-27-25(29-20-9-11-23(12-10-20)33-15-13-32(5)14-16-33)30-24(19)28-21-7-6-8-22(17-21)31-35(34)26(2,3)4/h6-12,17-18,25,27,29,31H,13-16H2,1-5H3,(H,28,30). The zero-order chi connectivity index (χ0) is 25.0. The van der Waals surface area contributed by atoms with Gasteiger partial charge in [-0.25, -0.2) is 9.71 Å². The van der Waals surface area contributed by atoms with E-state index in [1.54, 1.807) is 0 Å². The molecule has 2 unspecified atom stereocenters. The van der Waals surface area contributed by atoms with Crippen LogP contribution >= 0.6 is 0 Å². The van der Waals surface area contributed by atoms with E-state index in [9.17, 15) is 4.55 Å². The number of anilines is 4. The van der Waals surface area contributed by atoms with E-state index in [1.165, 1.54) is 5.69 Å². The summed E-state index contributed by atoms with van der Waals surface area (Å²) in [5.41, 5.74) is 4.94. The van der Waals surface area contributed by atoms with Crippen LogP contribution in [0.15, 0.2) is 65.3 Å².